The topological polar surface area (TPSA) is 159 Å². The van der Waals surface area contributed by atoms with Crippen LogP contribution in [0.3, 0.4) is 0 Å². The summed E-state index contributed by atoms with van der Waals surface area (Å²) in [6.07, 6.45) is 0.0242. The molecule has 0 radical (unpaired) electrons. The zero-order valence-electron chi connectivity index (χ0n) is 21.4. The average Bonchev–Trinajstić information content (AvgIpc) is 2.80. The number of carbonyl (C=O) groups is 6. The van der Waals surface area contributed by atoms with Gasteiger partial charge in [-0.05, 0) is 18.2 Å². The maximum Gasteiger partial charge on any atom is 0.322 e. The molecule has 0 heterocycles. The number of rotatable bonds is 15. The predicted molar refractivity (Wildman–Crippen MR) is 132 cm³/mol. The van der Waals surface area contributed by atoms with Crippen LogP contribution in [0.4, 0.5) is 5.69 Å². The van der Waals surface area contributed by atoms with E-state index in [0.29, 0.717) is 0 Å². The molecule has 1 aromatic rings. The standard InChI is InChI=1S/C25H35N3O8/c1-15(2)20(29)14-28(5)22(31)7-9-36-8-6-21(30)27-19-11-17(24(34)16(3)4)10-18(12-19)25(35)26-13-23(32)33/h10-12,15-16H,6-9,13-14H2,1-5H3,(H,26,35)(H,27,30)(H,32,33). The molecule has 0 fully saturated rings. The van der Waals surface area contributed by atoms with Gasteiger partial charge >= 0.3 is 5.97 Å². The summed E-state index contributed by atoms with van der Waals surface area (Å²) in [6, 6.07) is 4.14. The smallest absolute Gasteiger partial charge is 0.322 e. The molecule has 0 aliphatic rings. The third-order valence-electron chi connectivity index (χ3n) is 5.08. The summed E-state index contributed by atoms with van der Waals surface area (Å²) in [7, 11) is 1.55. The zero-order valence-corrected chi connectivity index (χ0v) is 21.4. The fraction of sp³-hybridized carbons (Fsp3) is 0.520. The molecule has 36 heavy (non-hydrogen) atoms. The lowest BCUT2D eigenvalue weighted by Gasteiger charge is -2.17. The molecule has 3 amide bonds. The molecule has 0 bridgehead atoms. The molecule has 0 unspecified atom stereocenters. The monoisotopic (exact) mass is 505 g/mol. The molecule has 0 saturated heterocycles. The Morgan fingerprint density at radius 1 is 0.917 bits per heavy atom. The number of Topliss-reactive ketones (excluding diaryl/α,β-unsaturated/α-hetero) is 2. The van der Waals surface area contributed by atoms with E-state index >= 15 is 0 Å². The van der Waals surface area contributed by atoms with Gasteiger partial charge in [-0.25, -0.2) is 0 Å². The van der Waals surface area contributed by atoms with E-state index in [4.69, 9.17) is 9.84 Å². The number of carboxylic acid groups (broad SMARTS) is 1. The number of nitrogens with one attached hydrogen (secondary N) is 2. The van der Waals surface area contributed by atoms with Crippen LogP contribution in [0, 0.1) is 11.8 Å². The molecule has 0 spiro atoms. The minimum atomic E-state index is -1.22. The molecule has 0 saturated carbocycles. The van der Waals surface area contributed by atoms with Crippen LogP contribution >= 0.6 is 0 Å². The van der Waals surface area contributed by atoms with Gasteiger partial charge < -0.3 is 25.4 Å². The van der Waals surface area contributed by atoms with Gasteiger partial charge in [-0.2, -0.15) is 0 Å². The van der Waals surface area contributed by atoms with Crippen molar-refractivity contribution in [1.82, 2.24) is 10.2 Å². The Hall–Kier alpha value is -3.60. The maximum absolute atomic E-state index is 12.5. The second-order valence-electron chi connectivity index (χ2n) is 8.93. The number of benzene rings is 1. The van der Waals surface area contributed by atoms with Gasteiger partial charge in [-0.3, -0.25) is 28.8 Å². The van der Waals surface area contributed by atoms with E-state index in [2.05, 4.69) is 10.6 Å². The van der Waals surface area contributed by atoms with Crippen LogP contribution < -0.4 is 10.6 Å². The van der Waals surface area contributed by atoms with Crippen molar-refractivity contribution in [3.63, 3.8) is 0 Å². The summed E-state index contributed by atoms with van der Waals surface area (Å²) in [6.45, 7) is 6.48. The van der Waals surface area contributed by atoms with E-state index in [0.717, 1.165) is 0 Å². The van der Waals surface area contributed by atoms with Crippen LogP contribution in [0.5, 0.6) is 0 Å². The zero-order chi connectivity index (χ0) is 27.4. The highest BCUT2D eigenvalue weighted by Crippen LogP contribution is 2.19. The number of ketones is 2. The SMILES string of the molecule is CC(C)C(=O)CN(C)C(=O)CCOCCC(=O)Nc1cc(C(=O)NCC(=O)O)cc(C(=O)C(C)C)c1. The Morgan fingerprint density at radius 2 is 1.53 bits per heavy atom. The number of amides is 3. The Labute approximate surface area is 210 Å². The van der Waals surface area contributed by atoms with Crippen molar-refractivity contribution >= 4 is 40.9 Å². The highest BCUT2D eigenvalue weighted by molar-refractivity contribution is 6.04. The first-order chi connectivity index (χ1) is 16.8. The predicted octanol–water partition coefficient (Wildman–Crippen LogP) is 1.76. The van der Waals surface area contributed by atoms with E-state index in [1.54, 1.807) is 34.7 Å². The summed E-state index contributed by atoms with van der Waals surface area (Å²) < 4.78 is 5.36. The van der Waals surface area contributed by atoms with Crippen molar-refractivity contribution < 1.29 is 38.6 Å². The molecule has 11 heteroatoms. The molecule has 1 aromatic carbocycles. The second-order valence-corrected chi connectivity index (χ2v) is 8.93. The van der Waals surface area contributed by atoms with Gasteiger partial charge in [0.05, 0.1) is 32.6 Å². The number of hydrogen-bond donors (Lipinski definition) is 3. The van der Waals surface area contributed by atoms with E-state index in [1.807, 2.05) is 0 Å². The first kappa shape index (κ1) is 30.4. The van der Waals surface area contributed by atoms with Crippen LogP contribution in [0.15, 0.2) is 18.2 Å². The number of carboxylic acids is 1. The van der Waals surface area contributed by atoms with Gasteiger partial charge in [0, 0.05) is 35.7 Å². The lowest BCUT2D eigenvalue weighted by atomic mass is 9.98. The molecule has 0 aliphatic heterocycles. The minimum Gasteiger partial charge on any atom is -0.480 e. The third kappa shape index (κ3) is 10.8. The van der Waals surface area contributed by atoms with Gasteiger partial charge in [0.25, 0.3) is 5.91 Å². The fourth-order valence-electron chi connectivity index (χ4n) is 2.91. The number of aliphatic carboxylic acids is 1. The summed E-state index contributed by atoms with van der Waals surface area (Å²) >= 11 is 0. The van der Waals surface area contributed by atoms with Gasteiger partial charge in [-0.1, -0.05) is 27.7 Å². The van der Waals surface area contributed by atoms with Crippen molar-refractivity contribution in [2.75, 3.05) is 38.7 Å². The highest BCUT2D eigenvalue weighted by Gasteiger charge is 2.18. The molecule has 0 aliphatic carbocycles. The van der Waals surface area contributed by atoms with E-state index in [1.165, 1.54) is 23.1 Å². The molecule has 11 nitrogen and oxygen atoms in total. The lowest BCUT2D eigenvalue weighted by molar-refractivity contribution is -0.136. The van der Waals surface area contributed by atoms with E-state index in [-0.39, 0.29) is 78.7 Å². The molecular weight excluding hydrogens is 470 g/mol. The normalized spacial score (nSPS) is 10.8. The number of ether oxygens (including phenoxy) is 1. The second kappa shape index (κ2) is 14.7. The number of carbonyl (C=O) groups excluding carboxylic acids is 5. The Kier molecular flexibility index (Phi) is 12.4. The van der Waals surface area contributed by atoms with Crippen LogP contribution in [0.2, 0.25) is 0 Å². The van der Waals surface area contributed by atoms with Crippen molar-refractivity contribution in [3.8, 4) is 0 Å². The maximum atomic E-state index is 12.5. The van der Waals surface area contributed by atoms with Crippen LogP contribution in [0.25, 0.3) is 0 Å². The molecule has 3 N–H and O–H groups in total. The first-order valence-corrected chi connectivity index (χ1v) is 11.6. The summed E-state index contributed by atoms with van der Waals surface area (Å²) in [5, 5.41) is 13.6. The molecule has 0 aromatic heterocycles. The molecule has 1 rings (SSSR count). The fourth-order valence-corrected chi connectivity index (χ4v) is 2.91. The van der Waals surface area contributed by atoms with Crippen molar-refractivity contribution in [3.05, 3.63) is 29.3 Å². The summed E-state index contributed by atoms with van der Waals surface area (Å²) in [5.41, 5.74) is 0.449. The average molecular weight is 506 g/mol. The quantitative estimate of drug-likeness (QED) is 0.240. The number of nitrogens with zero attached hydrogens (tertiary/aromatic N) is 1. The molecule has 0 atom stereocenters. The first-order valence-electron chi connectivity index (χ1n) is 11.6. The Balaban J connectivity index is 2.66. The van der Waals surface area contributed by atoms with Crippen molar-refractivity contribution in [1.29, 1.82) is 0 Å². The molecule has 198 valence electrons. The Morgan fingerprint density at radius 3 is 2.11 bits per heavy atom. The molecular formula is C25H35N3O8. The van der Waals surface area contributed by atoms with Gasteiger partial charge in [0.1, 0.15) is 6.54 Å². The van der Waals surface area contributed by atoms with E-state index in [9.17, 15) is 28.8 Å². The largest absolute Gasteiger partial charge is 0.480 e. The van der Waals surface area contributed by atoms with Crippen LogP contribution in [-0.2, 0) is 23.9 Å². The summed E-state index contributed by atoms with van der Waals surface area (Å²) in [5.74, 6) is -3.39. The van der Waals surface area contributed by atoms with Gasteiger partial charge in [0.2, 0.25) is 11.8 Å². The number of likely N-dealkylation sites (N-methyl/N-ethyl adjacent to an activating group) is 1. The summed E-state index contributed by atoms with van der Waals surface area (Å²) in [4.78, 5) is 73.0. The van der Waals surface area contributed by atoms with Gasteiger partial charge in [-0.15, -0.1) is 0 Å². The van der Waals surface area contributed by atoms with Crippen molar-refractivity contribution in [2.24, 2.45) is 11.8 Å². The van der Waals surface area contributed by atoms with Crippen LogP contribution in [0.1, 0.15) is 61.3 Å². The lowest BCUT2D eigenvalue weighted by Crippen LogP contribution is -2.34. The highest BCUT2D eigenvalue weighted by atomic mass is 16.5. The number of anilines is 1. The third-order valence-corrected chi connectivity index (χ3v) is 5.08. The number of hydrogen-bond acceptors (Lipinski definition) is 7. The van der Waals surface area contributed by atoms with Crippen LogP contribution in [-0.4, -0.2) is 78.6 Å². The van der Waals surface area contributed by atoms with E-state index < -0.39 is 24.3 Å². The minimum absolute atomic E-state index is 0.0321. The van der Waals surface area contributed by atoms with Gasteiger partial charge in [0.15, 0.2) is 11.6 Å². The van der Waals surface area contributed by atoms with Crippen molar-refractivity contribution in [2.45, 2.75) is 40.5 Å². The Bertz CT molecular complexity index is 988.